The van der Waals surface area contributed by atoms with Crippen molar-refractivity contribution in [3.05, 3.63) is 137 Å². The molecule has 1 aliphatic heterocycles. The number of methoxy groups -OCH3 is 1. The number of carbonyl (C=O) groups excluding carboxylic acids is 1. The average molecular weight is 687 g/mol. The number of aromatic nitrogens is 1. The maximum absolute atomic E-state index is 14.3. The van der Waals surface area contributed by atoms with Crippen LogP contribution in [-0.2, 0) is 11.4 Å². The van der Waals surface area contributed by atoms with Crippen LogP contribution in [0.25, 0.3) is 16.8 Å². The summed E-state index contributed by atoms with van der Waals surface area (Å²) in [4.78, 5) is 35.6. The summed E-state index contributed by atoms with van der Waals surface area (Å²) in [6.07, 6.45) is 1.84. The van der Waals surface area contributed by atoms with Crippen LogP contribution in [0.15, 0.2) is 99.9 Å². The van der Waals surface area contributed by atoms with Gasteiger partial charge in [-0.15, -0.1) is 0 Å². The van der Waals surface area contributed by atoms with Gasteiger partial charge in [-0.2, -0.15) is 0 Å². The maximum atomic E-state index is 14.3. The van der Waals surface area contributed by atoms with Gasteiger partial charge in [0.15, 0.2) is 4.80 Å². The first kappa shape index (κ1) is 32.6. The molecule has 0 radical (unpaired) electrons. The van der Waals surface area contributed by atoms with Crippen LogP contribution in [0.4, 0.5) is 0 Å². The zero-order valence-corrected chi connectivity index (χ0v) is 28.7. The summed E-state index contributed by atoms with van der Waals surface area (Å²) < 4.78 is 14.0. The van der Waals surface area contributed by atoms with Crippen LogP contribution in [0.2, 0.25) is 10.0 Å². The molecule has 7 nitrogen and oxygen atoms in total. The van der Waals surface area contributed by atoms with Crippen molar-refractivity contribution >= 4 is 57.3 Å². The number of rotatable bonds is 9. The number of benzene rings is 4. The van der Waals surface area contributed by atoms with E-state index in [-0.39, 0.29) is 11.5 Å². The Bertz CT molecular complexity index is 2200. The van der Waals surface area contributed by atoms with E-state index in [0.717, 1.165) is 27.5 Å². The Kier molecular flexibility index (Phi) is 9.55. The highest BCUT2D eigenvalue weighted by atomic mass is 35.5. The zero-order valence-electron chi connectivity index (χ0n) is 26.4. The molecule has 0 spiro atoms. The van der Waals surface area contributed by atoms with E-state index in [4.69, 9.17) is 37.7 Å². The number of hydrogen-bond donors (Lipinski definition) is 0. The monoisotopic (exact) mass is 685 g/mol. The van der Waals surface area contributed by atoms with Crippen molar-refractivity contribution in [2.24, 2.45) is 4.99 Å². The van der Waals surface area contributed by atoms with E-state index < -0.39 is 6.04 Å². The fourth-order valence-corrected chi connectivity index (χ4v) is 7.26. The molecule has 1 aromatic heterocycles. The molecular formula is C37H33Cl2N3O4S. The SMILES string of the molecule is CCN(CC)C(=O)C1=C(C)N=c2s/c(=C/c3ccc(OCc4ccc(Cl)c(Cl)c4)cc3)c(=O)n2[C@H]1c1c(OC)ccc2ccccc12. The number of hydrogen-bond acceptors (Lipinski definition) is 6. The predicted octanol–water partition coefficient (Wildman–Crippen LogP) is 7.15. The largest absolute Gasteiger partial charge is 0.496 e. The summed E-state index contributed by atoms with van der Waals surface area (Å²) in [5.41, 5.74) is 3.30. The number of fused-ring (bicyclic) bond motifs is 2. The van der Waals surface area contributed by atoms with Crippen molar-refractivity contribution in [3.8, 4) is 11.5 Å². The van der Waals surface area contributed by atoms with E-state index >= 15 is 0 Å². The zero-order chi connectivity index (χ0) is 33.2. The Morgan fingerprint density at radius 2 is 1.74 bits per heavy atom. The van der Waals surface area contributed by atoms with Crippen LogP contribution in [0, 0.1) is 0 Å². The Balaban J connectivity index is 1.44. The average Bonchev–Trinajstić information content (AvgIpc) is 3.38. The van der Waals surface area contributed by atoms with E-state index in [1.54, 1.807) is 28.7 Å². The van der Waals surface area contributed by atoms with Gasteiger partial charge in [-0.3, -0.25) is 14.2 Å². The van der Waals surface area contributed by atoms with E-state index in [9.17, 15) is 9.59 Å². The Morgan fingerprint density at radius 3 is 2.45 bits per heavy atom. The highest BCUT2D eigenvalue weighted by Crippen LogP contribution is 2.40. The molecule has 0 unspecified atom stereocenters. The van der Waals surface area contributed by atoms with Crippen molar-refractivity contribution in [1.29, 1.82) is 0 Å². The predicted molar refractivity (Wildman–Crippen MR) is 189 cm³/mol. The number of thiazole rings is 1. The lowest BCUT2D eigenvalue weighted by Gasteiger charge is -2.30. The minimum Gasteiger partial charge on any atom is -0.496 e. The van der Waals surface area contributed by atoms with Crippen LogP contribution in [0.1, 0.15) is 43.5 Å². The van der Waals surface area contributed by atoms with Gasteiger partial charge < -0.3 is 14.4 Å². The van der Waals surface area contributed by atoms with Gasteiger partial charge in [-0.05, 0) is 79.1 Å². The second-order valence-electron chi connectivity index (χ2n) is 11.1. The molecule has 0 bridgehead atoms. The fraction of sp³-hybridized carbons (Fsp3) is 0.216. The molecule has 1 aliphatic rings. The molecule has 2 heterocycles. The Labute approximate surface area is 286 Å². The van der Waals surface area contributed by atoms with Crippen molar-refractivity contribution in [2.45, 2.75) is 33.4 Å². The quantitative estimate of drug-likeness (QED) is 0.165. The Hall–Kier alpha value is -4.37. The number of nitrogens with zero attached hydrogens (tertiary/aromatic N) is 3. The summed E-state index contributed by atoms with van der Waals surface area (Å²) in [6.45, 7) is 7.13. The molecule has 1 atom stereocenters. The molecule has 0 fully saturated rings. The topological polar surface area (TPSA) is 73.1 Å². The fourth-order valence-electron chi connectivity index (χ4n) is 5.89. The number of allylic oxidation sites excluding steroid dienone is 1. The summed E-state index contributed by atoms with van der Waals surface area (Å²) >= 11 is 13.5. The van der Waals surface area contributed by atoms with Gasteiger partial charge in [-0.25, -0.2) is 4.99 Å². The highest BCUT2D eigenvalue weighted by Gasteiger charge is 2.36. The lowest BCUT2D eigenvalue weighted by molar-refractivity contribution is -0.127. The van der Waals surface area contributed by atoms with Crippen molar-refractivity contribution < 1.29 is 14.3 Å². The number of carbonyl (C=O) groups is 1. The highest BCUT2D eigenvalue weighted by molar-refractivity contribution is 7.07. The summed E-state index contributed by atoms with van der Waals surface area (Å²) in [5, 5.41) is 2.86. The van der Waals surface area contributed by atoms with Crippen molar-refractivity contribution in [1.82, 2.24) is 9.47 Å². The van der Waals surface area contributed by atoms with Crippen LogP contribution < -0.4 is 24.4 Å². The van der Waals surface area contributed by atoms with E-state index in [2.05, 4.69) is 0 Å². The molecule has 10 heteroatoms. The first-order valence-electron chi connectivity index (χ1n) is 15.3. The van der Waals surface area contributed by atoms with Gasteiger partial charge in [0.2, 0.25) is 0 Å². The Morgan fingerprint density at radius 1 is 1.00 bits per heavy atom. The summed E-state index contributed by atoms with van der Waals surface area (Å²) in [7, 11) is 1.61. The minimum atomic E-state index is -0.736. The molecule has 6 rings (SSSR count). The van der Waals surface area contributed by atoms with Gasteiger partial charge in [0.1, 0.15) is 24.1 Å². The normalized spacial score (nSPS) is 14.6. The smallest absolute Gasteiger partial charge is 0.271 e. The molecule has 0 N–H and O–H groups in total. The molecule has 0 aliphatic carbocycles. The summed E-state index contributed by atoms with van der Waals surface area (Å²) in [5.74, 6) is 1.12. The van der Waals surface area contributed by atoms with Gasteiger partial charge in [0.05, 0.1) is 33.0 Å². The lowest BCUT2D eigenvalue weighted by atomic mass is 9.90. The molecule has 47 heavy (non-hydrogen) atoms. The standard InChI is InChI=1S/C37H33Cl2N3O4S/c1-5-41(6-2)36(44)32-22(3)40-37-42(34(32)33-27-10-8-7-9-25(27)14-18-30(33)45-4)35(43)31(47-37)20-23-11-15-26(16-12-23)46-21-24-13-17-28(38)29(39)19-24/h7-20,34H,5-6,21H2,1-4H3/b31-20+/t34-/m1/s1. The number of amides is 1. The lowest BCUT2D eigenvalue weighted by Crippen LogP contribution is -2.43. The maximum Gasteiger partial charge on any atom is 0.271 e. The molecule has 1 amide bonds. The molecule has 4 aromatic carbocycles. The van der Waals surface area contributed by atoms with Crippen molar-refractivity contribution in [2.75, 3.05) is 20.2 Å². The van der Waals surface area contributed by atoms with E-state index in [1.165, 1.54) is 11.3 Å². The van der Waals surface area contributed by atoms with Crippen LogP contribution >= 0.6 is 34.5 Å². The minimum absolute atomic E-state index is 0.151. The van der Waals surface area contributed by atoms with Gasteiger partial charge in [0.25, 0.3) is 11.5 Å². The number of halogens is 2. The second-order valence-corrected chi connectivity index (χ2v) is 12.9. The van der Waals surface area contributed by atoms with Crippen LogP contribution in [0.5, 0.6) is 11.5 Å². The van der Waals surface area contributed by atoms with Gasteiger partial charge >= 0.3 is 0 Å². The first-order chi connectivity index (χ1) is 22.7. The first-order valence-corrected chi connectivity index (χ1v) is 16.9. The second kappa shape index (κ2) is 13.8. The summed E-state index contributed by atoms with van der Waals surface area (Å²) in [6, 6.07) is 24.0. The van der Waals surface area contributed by atoms with Gasteiger partial charge in [-0.1, -0.05) is 83.1 Å². The van der Waals surface area contributed by atoms with Gasteiger partial charge in [0, 0.05) is 18.7 Å². The molecule has 240 valence electrons. The van der Waals surface area contributed by atoms with Crippen molar-refractivity contribution in [3.63, 3.8) is 0 Å². The molecule has 0 saturated carbocycles. The molecular weight excluding hydrogens is 653 g/mol. The number of ether oxygens (including phenoxy) is 2. The molecule has 0 saturated heterocycles. The molecule has 5 aromatic rings. The third-order valence-corrected chi connectivity index (χ3v) is 10.0. The third kappa shape index (κ3) is 6.33. The number of likely N-dealkylation sites (N-methyl/N-ethyl adjacent to an activating group) is 1. The van der Waals surface area contributed by atoms with E-state index in [0.29, 0.717) is 61.8 Å². The third-order valence-electron chi connectivity index (χ3n) is 8.29. The van der Waals surface area contributed by atoms with E-state index in [1.807, 2.05) is 93.6 Å². The van der Waals surface area contributed by atoms with Crippen LogP contribution in [-0.4, -0.2) is 35.6 Å². The van der Waals surface area contributed by atoms with Crippen LogP contribution in [0.3, 0.4) is 0 Å².